The predicted octanol–water partition coefficient (Wildman–Crippen LogP) is 2.20. The third-order valence-electron chi connectivity index (χ3n) is 4.05. The zero-order chi connectivity index (χ0) is 19.0. The second-order valence-electron chi connectivity index (χ2n) is 6.05. The zero-order valence-electron chi connectivity index (χ0n) is 14.4. The number of carbonyl (C=O) groups is 1. The molecular formula is C18H16N4O4S. The van der Waals surface area contributed by atoms with Gasteiger partial charge in [0.25, 0.3) is 10.0 Å². The van der Waals surface area contributed by atoms with Crippen LogP contribution in [-0.2, 0) is 14.8 Å². The highest BCUT2D eigenvalue weighted by Gasteiger charge is 2.29. The van der Waals surface area contributed by atoms with Crippen molar-refractivity contribution in [2.75, 3.05) is 11.9 Å². The molecule has 0 bridgehead atoms. The first-order chi connectivity index (χ1) is 12.9. The summed E-state index contributed by atoms with van der Waals surface area (Å²) in [6.45, 7) is 1.91. The Balaban J connectivity index is 1.41. The molecule has 138 valence electrons. The Labute approximate surface area is 155 Å². The van der Waals surface area contributed by atoms with Gasteiger partial charge in [-0.2, -0.15) is 0 Å². The number of oxazole rings is 1. The first kappa shape index (κ1) is 17.2. The van der Waals surface area contributed by atoms with E-state index in [0.717, 1.165) is 0 Å². The summed E-state index contributed by atoms with van der Waals surface area (Å²) in [5.41, 5.74) is 2.46. The highest BCUT2D eigenvalue weighted by Crippen LogP contribution is 2.22. The molecular weight excluding hydrogens is 368 g/mol. The summed E-state index contributed by atoms with van der Waals surface area (Å²) in [4.78, 5) is 20.8. The number of carbonyl (C=O) groups excluding carboxylic acids is 1. The summed E-state index contributed by atoms with van der Waals surface area (Å²) >= 11 is 0. The average molecular weight is 384 g/mol. The maximum Gasteiger partial charge on any atom is 0.263 e. The summed E-state index contributed by atoms with van der Waals surface area (Å²) in [6, 6.07) is 11.8. The lowest BCUT2D eigenvalue weighted by atomic mass is 10.2. The molecule has 0 unspecified atom stereocenters. The van der Waals surface area contributed by atoms with Gasteiger partial charge in [0.1, 0.15) is 11.4 Å². The van der Waals surface area contributed by atoms with Crippen LogP contribution in [0.2, 0.25) is 0 Å². The third kappa shape index (κ3) is 3.41. The largest absolute Gasteiger partial charge is 0.441 e. The zero-order valence-corrected chi connectivity index (χ0v) is 15.2. The number of amides is 1. The van der Waals surface area contributed by atoms with Crippen LogP contribution in [0.25, 0.3) is 11.1 Å². The van der Waals surface area contributed by atoms with Crippen LogP contribution in [0.4, 0.5) is 5.69 Å². The second-order valence-corrected chi connectivity index (χ2v) is 7.70. The van der Waals surface area contributed by atoms with Gasteiger partial charge in [0.05, 0.1) is 11.4 Å². The number of aliphatic imine (C=N–C) groups is 1. The van der Waals surface area contributed by atoms with Crippen molar-refractivity contribution in [1.82, 2.24) is 9.71 Å². The quantitative estimate of drug-likeness (QED) is 0.716. The first-order valence-corrected chi connectivity index (χ1v) is 9.74. The van der Waals surface area contributed by atoms with Crippen LogP contribution in [0.3, 0.4) is 0 Å². The van der Waals surface area contributed by atoms with Gasteiger partial charge in [-0.05, 0) is 30.3 Å². The molecule has 0 atom stereocenters. The molecule has 0 saturated heterocycles. The molecule has 0 fully saturated rings. The molecule has 1 aromatic heterocycles. The van der Waals surface area contributed by atoms with Gasteiger partial charge in [-0.3, -0.25) is 14.5 Å². The van der Waals surface area contributed by atoms with Gasteiger partial charge in [0.15, 0.2) is 11.5 Å². The Kier molecular flexibility index (Phi) is 4.15. The highest BCUT2D eigenvalue weighted by molar-refractivity contribution is 7.90. The average Bonchev–Trinajstić information content (AvgIpc) is 3.11. The van der Waals surface area contributed by atoms with Crippen molar-refractivity contribution in [3.05, 3.63) is 53.9 Å². The Morgan fingerprint density at radius 1 is 1.26 bits per heavy atom. The maximum atomic E-state index is 12.1. The summed E-state index contributed by atoms with van der Waals surface area (Å²) in [6.07, 6.45) is 0.114. The van der Waals surface area contributed by atoms with Crippen LogP contribution in [-0.4, -0.2) is 31.7 Å². The number of fused-ring (bicyclic) bond motifs is 2. The van der Waals surface area contributed by atoms with Crippen LogP contribution < -0.4 is 10.0 Å². The number of aromatic nitrogens is 1. The van der Waals surface area contributed by atoms with Crippen molar-refractivity contribution in [2.45, 2.75) is 18.2 Å². The van der Waals surface area contributed by atoms with E-state index >= 15 is 0 Å². The molecule has 3 aromatic rings. The summed E-state index contributed by atoms with van der Waals surface area (Å²) in [5.74, 6) is 0.592. The van der Waals surface area contributed by atoms with Crippen LogP contribution in [0.5, 0.6) is 0 Å². The normalized spacial score (nSPS) is 16.3. The summed E-state index contributed by atoms with van der Waals surface area (Å²) < 4.78 is 31.9. The van der Waals surface area contributed by atoms with Gasteiger partial charge in [-0.15, -0.1) is 0 Å². The van der Waals surface area contributed by atoms with E-state index in [1.807, 2.05) is 0 Å². The van der Waals surface area contributed by atoms with E-state index in [1.54, 1.807) is 43.3 Å². The lowest BCUT2D eigenvalue weighted by molar-refractivity contribution is -0.116. The number of hydrogen-bond donors (Lipinski definition) is 2. The number of nitrogens with zero attached hydrogens (tertiary/aromatic N) is 2. The Bertz CT molecular complexity index is 1180. The van der Waals surface area contributed by atoms with E-state index in [4.69, 9.17) is 4.42 Å². The topological polar surface area (TPSA) is 114 Å². The Morgan fingerprint density at radius 3 is 2.93 bits per heavy atom. The van der Waals surface area contributed by atoms with E-state index in [-0.39, 0.29) is 29.6 Å². The first-order valence-electron chi connectivity index (χ1n) is 8.26. The molecule has 27 heavy (non-hydrogen) atoms. The van der Waals surface area contributed by atoms with Crippen LogP contribution in [0.15, 0.2) is 56.8 Å². The minimum absolute atomic E-state index is 0.114. The molecule has 1 aliphatic rings. The lowest BCUT2D eigenvalue weighted by Crippen LogP contribution is -2.23. The summed E-state index contributed by atoms with van der Waals surface area (Å²) in [7, 11) is -3.57. The van der Waals surface area contributed by atoms with Gasteiger partial charge in [-0.25, -0.2) is 13.4 Å². The molecule has 2 heterocycles. The molecule has 4 rings (SSSR count). The molecule has 1 aliphatic heterocycles. The number of nitrogens with one attached hydrogen (secondary N) is 2. The molecule has 9 heteroatoms. The fourth-order valence-corrected chi connectivity index (χ4v) is 4.12. The molecule has 0 spiro atoms. The molecule has 2 N–H and O–H groups in total. The van der Waals surface area contributed by atoms with Gasteiger partial charge in [0.2, 0.25) is 5.91 Å². The molecule has 2 aromatic carbocycles. The van der Waals surface area contributed by atoms with Gasteiger partial charge < -0.3 is 9.73 Å². The standard InChI is InChI=1S/C18H16N4O4S/c1-11-20-14-10-12(6-7-15(14)26-11)21-17(23)8-9-19-18-13-4-2-3-5-16(13)27(24,25)22-18/h2-7,10H,8-9H2,1H3,(H,19,22)(H,21,23). The van der Waals surface area contributed by atoms with Crippen molar-refractivity contribution in [1.29, 1.82) is 0 Å². The Morgan fingerprint density at radius 2 is 2.07 bits per heavy atom. The third-order valence-corrected chi connectivity index (χ3v) is 5.45. The fraction of sp³-hybridized carbons (Fsp3) is 0.167. The number of amidine groups is 1. The molecule has 1 amide bonds. The summed E-state index contributed by atoms with van der Waals surface area (Å²) in [5, 5.41) is 2.78. The van der Waals surface area contributed by atoms with Gasteiger partial charge in [0, 0.05) is 24.6 Å². The van der Waals surface area contributed by atoms with Gasteiger partial charge >= 0.3 is 0 Å². The van der Waals surface area contributed by atoms with E-state index < -0.39 is 10.0 Å². The van der Waals surface area contributed by atoms with Crippen molar-refractivity contribution < 1.29 is 17.6 Å². The number of hydrogen-bond acceptors (Lipinski definition) is 6. The highest BCUT2D eigenvalue weighted by atomic mass is 32.2. The molecule has 0 saturated carbocycles. The SMILES string of the molecule is Cc1nc2cc(NC(=O)CCN=C3NS(=O)(=O)c4ccccc43)ccc2o1. The van der Waals surface area contributed by atoms with E-state index in [0.29, 0.717) is 28.2 Å². The number of aryl methyl sites for hydroxylation is 1. The molecule has 0 radical (unpaired) electrons. The second kappa shape index (κ2) is 6.51. The minimum Gasteiger partial charge on any atom is -0.441 e. The maximum absolute atomic E-state index is 12.1. The smallest absolute Gasteiger partial charge is 0.263 e. The lowest BCUT2D eigenvalue weighted by Gasteiger charge is -2.04. The van der Waals surface area contributed by atoms with E-state index in [2.05, 4.69) is 20.0 Å². The van der Waals surface area contributed by atoms with Crippen molar-refractivity contribution in [3.8, 4) is 0 Å². The van der Waals surface area contributed by atoms with Crippen molar-refractivity contribution in [3.63, 3.8) is 0 Å². The predicted molar refractivity (Wildman–Crippen MR) is 100 cm³/mol. The molecule has 0 aliphatic carbocycles. The van der Waals surface area contributed by atoms with Crippen molar-refractivity contribution in [2.24, 2.45) is 4.99 Å². The fourth-order valence-electron chi connectivity index (χ4n) is 2.86. The monoisotopic (exact) mass is 384 g/mol. The Hall–Kier alpha value is -3.20. The van der Waals surface area contributed by atoms with Gasteiger partial charge in [-0.1, -0.05) is 12.1 Å². The number of benzene rings is 2. The molecule has 8 nitrogen and oxygen atoms in total. The van der Waals surface area contributed by atoms with E-state index in [1.165, 1.54) is 6.07 Å². The van der Waals surface area contributed by atoms with E-state index in [9.17, 15) is 13.2 Å². The van der Waals surface area contributed by atoms with Crippen LogP contribution in [0, 0.1) is 6.92 Å². The number of sulfonamides is 1. The van der Waals surface area contributed by atoms with Crippen LogP contribution in [0.1, 0.15) is 17.9 Å². The number of rotatable bonds is 4. The number of anilines is 1. The minimum atomic E-state index is -3.57. The van der Waals surface area contributed by atoms with Crippen molar-refractivity contribution >= 4 is 38.6 Å². The van der Waals surface area contributed by atoms with Crippen LogP contribution >= 0.6 is 0 Å².